The summed E-state index contributed by atoms with van der Waals surface area (Å²) in [4.78, 5) is 0.0926. The van der Waals surface area contributed by atoms with Gasteiger partial charge in [-0.15, -0.1) is 0 Å². The topological polar surface area (TPSA) is 71.3 Å². The summed E-state index contributed by atoms with van der Waals surface area (Å²) in [6.07, 6.45) is -1.31. The largest absolute Gasteiger partial charge is 0.425 e. The van der Waals surface area contributed by atoms with Crippen molar-refractivity contribution in [3.8, 4) is 0 Å². The molecule has 0 fully saturated rings. The number of benzene rings is 2. The Morgan fingerprint density at radius 1 is 0.970 bits per heavy atom. The SMILES string of the molecule is CC(C)CCn1ccc(C(O)(c2ccc(CNS(=O)(=O)c3ccccc3)cc2)C(F)(F)F)c1. The third-order valence-corrected chi connectivity index (χ3v) is 6.85. The maximum atomic E-state index is 14.0. The van der Waals surface area contributed by atoms with Crippen LogP contribution in [0.5, 0.6) is 0 Å². The first-order valence-electron chi connectivity index (χ1n) is 10.5. The zero-order chi connectivity index (χ0) is 24.3. The molecule has 3 rings (SSSR count). The average molecular weight is 481 g/mol. The molecule has 1 aromatic heterocycles. The van der Waals surface area contributed by atoms with Gasteiger partial charge >= 0.3 is 6.18 Å². The molecule has 2 aromatic carbocycles. The smallest absolute Gasteiger partial charge is 0.372 e. The number of halogens is 3. The maximum absolute atomic E-state index is 14.0. The predicted molar refractivity (Wildman–Crippen MR) is 120 cm³/mol. The van der Waals surface area contributed by atoms with Crippen LogP contribution in [0.1, 0.15) is 37.0 Å². The Morgan fingerprint density at radius 3 is 2.18 bits per heavy atom. The second-order valence-electron chi connectivity index (χ2n) is 8.36. The monoisotopic (exact) mass is 480 g/mol. The van der Waals surface area contributed by atoms with Gasteiger partial charge in [0, 0.05) is 31.0 Å². The molecule has 0 saturated carbocycles. The highest BCUT2D eigenvalue weighted by Crippen LogP contribution is 2.44. The summed E-state index contributed by atoms with van der Waals surface area (Å²) in [7, 11) is -3.75. The number of aromatic nitrogens is 1. The van der Waals surface area contributed by atoms with Crippen LogP contribution in [-0.4, -0.2) is 24.3 Å². The minimum absolute atomic E-state index is 0.0926. The van der Waals surface area contributed by atoms with Gasteiger partial charge in [0.1, 0.15) is 0 Å². The molecule has 1 atom stereocenters. The average Bonchev–Trinajstić information content (AvgIpc) is 3.25. The molecule has 2 N–H and O–H groups in total. The molecule has 0 saturated heterocycles. The number of alkyl halides is 3. The number of nitrogens with zero attached hydrogens (tertiary/aromatic N) is 1. The lowest BCUT2D eigenvalue weighted by Crippen LogP contribution is -2.43. The van der Waals surface area contributed by atoms with Crippen LogP contribution in [-0.2, 0) is 28.7 Å². The lowest BCUT2D eigenvalue weighted by molar-refractivity contribution is -0.248. The number of aliphatic hydroxyl groups is 1. The van der Waals surface area contributed by atoms with Crippen molar-refractivity contribution in [2.24, 2.45) is 5.92 Å². The van der Waals surface area contributed by atoms with Gasteiger partial charge in [0.05, 0.1) is 4.90 Å². The predicted octanol–water partition coefficient (Wildman–Crippen LogP) is 4.81. The highest BCUT2D eigenvalue weighted by atomic mass is 32.2. The first-order chi connectivity index (χ1) is 15.4. The number of hydrogen-bond acceptors (Lipinski definition) is 3. The lowest BCUT2D eigenvalue weighted by Gasteiger charge is -2.30. The number of rotatable bonds is 9. The Balaban J connectivity index is 1.81. The van der Waals surface area contributed by atoms with Crippen LogP contribution in [0.4, 0.5) is 13.2 Å². The van der Waals surface area contributed by atoms with Crippen molar-refractivity contribution in [1.82, 2.24) is 9.29 Å². The van der Waals surface area contributed by atoms with Crippen molar-refractivity contribution in [2.45, 2.75) is 50.0 Å². The van der Waals surface area contributed by atoms with Gasteiger partial charge in [-0.2, -0.15) is 13.2 Å². The highest BCUT2D eigenvalue weighted by molar-refractivity contribution is 7.89. The molecule has 0 aliphatic rings. The van der Waals surface area contributed by atoms with E-state index in [0.29, 0.717) is 18.0 Å². The van der Waals surface area contributed by atoms with Gasteiger partial charge in [0.2, 0.25) is 15.6 Å². The molecule has 0 radical (unpaired) electrons. The van der Waals surface area contributed by atoms with Gasteiger partial charge in [0.25, 0.3) is 0 Å². The molecule has 1 heterocycles. The number of sulfonamides is 1. The fraction of sp³-hybridized carbons (Fsp3) is 0.333. The van der Waals surface area contributed by atoms with Crippen LogP contribution in [0.3, 0.4) is 0 Å². The third-order valence-electron chi connectivity index (χ3n) is 5.43. The Morgan fingerprint density at radius 2 is 1.61 bits per heavy atom. The number of hydrogen-bond donors (Lipinski definition) is 2. The van der Waals surface area contributed by atoms with Gasteiger partial charge in [-0.05, 0) is 41.7 Å². The quantitative estimate of drug-likeness (QED) is 0.462. The van der Waals surface area contributed by atoms with Crippen molar-refractivity contribution in [3.63, 3.8) is 0 Å². The van der Waals surface area contributed by atoms with Gasteiger partial charge in [0.15, 0.2) is 0 Å². The summed E-state index contributed by atoms with van der Waals surface area (Å²) in [6, 6.07) is 14.1. The minimum atomic E-state index is -4.95. The maximum Gasteiger partial charge on any atom is 0.425 e. The van der Waals surface area contributed by atoms with E-state index in [1.165, 1.54) is 54.9 Å². The van der Waals surface area contributed by atoms with E-state index in [2.05, 4.69) is 4.72 Å². The normalized spacial score (nSPS) is 14.4. The van der Waals surface area contributed by atoms with E-state index in [-0.39, 0.29) is 22.6 Å². The lowest BCUT2D eigenvalue weighted by atomic mass is 9.87. The molecule has 0 amide bonds. The van der Waals surface area contributed by atoms with Crippen molar-refractivity contribution in [1.29, 1.82) is 0 Å². The van der Waals surface area contributed by atoms with Gasteiger partial charge in [-0.1, -0.05) is 56.3 Å². The van der Waals surface area contributed by atoms with Crippen LogP contribution >= 0.6 is 0 Å². The molecule has 0 spiro atoms. The van der Waals surface area contributed by atoms with Gasteiger partial charge in [-0.25, -0.2) is 13.1 Å². The molecule has 178 valence electrons. The van der Waals surface area contributed by atoms with Crippen LogP contribution < -0.4 is 4.72 Å². The third kappa shape index (κ3) is 5.66. The second-order valence-corrected chi connectivity index (χ2v) is 10.1. The molecule has 0 aliphatic carbocycles. The Bertz CT molecular complexity index is 1160. The van der Waals surface area contributed by atoms with E-state index in [1.54, 1.807) is 22.8 Å². The van der Waals surface area contributed by atoms with E-state index in [0.717, 1.165) is 6.42 Å². The molecule has 0 aliphatic heterocycles. The van der Waals surface area contributed by atoms with Crippen molar-refractivity contribution in [2.75, 3.05) is 0 Å². The fourth-order valence-corrected chi connectivity index (χ4v) is 4.46. The zero-order valence-electron chi connectivity index (χ0n) is 18.4. The van der Waals surface area contributed by atoms with Crippen LogP contribution in [0.15, 0.2) is 78.0 Å². The summed E-state index contributed by atoms with van der Waals surface area (Å²) in [6.45, 7) is 4.50. The standard InChI is InChI=1S/C24H27F3N2O3S/c1-18(2)12-14-29-15-13-21(17-29)23(30,24(25,26)27)20-10-8-19(9-11-20)16-28-33(31,32)22-6-4-3-5-7-22/h3-11,13,15,17-18,28,30H,12,14,16H2,1-2H3. The molecular formula is C24H27F3N2O3S. The van der Waals surface area contributed by atoms with Crippen molar-refractivity contribution >= 4 is 10.0 Å². The summed E-state index contributed by atoms with van der Waals surface area (Å²) in [5.41, 5.74) is -3.34. The number of aryl methyl sites for hydroxylation is 1. The summed E-state index contributed by atoms with van der Waals surface area (Å²) < 4.78 is 70.9. The van der Waals surface area contributed by atoms with Gasteiger partial charge in [-0.3, -0.25) is 0 Å². The second kappa shape index (κ2) is 9.70. The molecule has 9 heteroatoms. The van der Waals surface area contributed by atoms with Crippen LogP contribution in [0.25, 0.3) is 0 Å². The summed E-state index contributed by atoms with van der Waals surface area (Å²) in [5.74, 6) is 0.393. The van der Waals surface area contributed by atoms with E-state index >= 15 is 0 Å². The first kappa shape index (κ1) is 25.0. The van der Waals surface area contributed by atoms with E-state index in [1.807, 2.05) is 13.8 Å². The summed E-state index contributed by atoms with van der Waals surface area (Å²) in [5, 5.41) is 10.8. The molecular weight excluding hydrogens is 453 g/mol. The van der Waals surface area contributed by atoms with Gasteiger partial charge < -0.3 is 9.67 Å². The molecule has 0 bridgehead atoms. The highest BCUT2D eigenvalue weighted by Gasteiger charge is 2.56. The Kier molecular flexibility index (Phi) is 7.36. The van der Waals surface area contributed by atoms with Crippen molar-refractivity contribution < 1.29 is 26.7 Å². The Labute approximate surface area is 191 Å². The van der Waals surface area contributed by atoms with E-state index in [4.69, 9.17) is 0 Å². The van der Waals surface area contributed by atoms with Crippen LogP contribution in [0, 0.1) is 5.92 Å². The van der Waals surface area contributed by atoms with E-state index in [9.17, 15) is 26.7 Å². The minimum Gasteiger partial charge on any atom is -0.372 e. The van der Waals surface area contributed by atoms with E-state index < -0.39 is 21.8 Å². The zero-order valence-corrected chi connectivity index (χ0v) is 19.2. The van der Waals surface area contributed by atoms with Crippen LogP contribution in [0.2, 0.25) is 0 Å². The summed E-state index contributed by atoms with van der Waals surface area (Å²) >= 11 is 0. The number of nitrogens with one attached hydrogen (secondary N) is 1. The fourth-order valence-electron chi connectivity index (χ4n) is 3.42. The molecule has 5 nitrogen and oxygen atoms in total. The first-order valence-corrected chi connectivity index (χ1v) is 12.0. The molecule has 3 aromatic rings. The Hall–Kier alpha value is -2.62. The van der Waals surface area contributed by atoms with Crippen molar-refractivity contribution in [3.05, 3.63) is 89.7 Å². The molecule has 33 heavy (non-hydrogen) atoms. The molecule has 1 unspecified atom stereocenters.